The molecule has 0 saturated heterocycles. The van der Waals surface area contributed by atoms with Crippen LogP contribution in [-0.2, 0) is 0 Å². The number of rotatable bonds is 5. The summed E-state index contributed by atoms with van der Waals surface area (Å²) in [5.41, 5.74) is 16.4. The van der Waals surface area contributed by atoms with Gasteiger partial charge in [-0.2, -0.15) is 5.26 Å². The van der Waals surface area contributed by atoms with E-state index in [1.807, 2.05) is 67.6 Å². The summed E-state index contributed by atoms with van der Waals surface area (Å²) in [6.45, 7) is 2.00. The van der Waals surface area contributed by atoms with Gasteiger partial charge in [0.1, 0.15) is 12.2 Å². The number of hydrogen-bond donors (Lipinski definition) is 3. The molecular weight excluding hydrogens is 366 g/mol. The summed E-state index contributed by atoms with van der Waals surface area (Å²) in [4.78, 5) is 0.795. The fraction of sp³-hybridized carbons (Fsp3) is 0.0870. The third-order valence-electron chi connectivity index (χ3n) is 4.38. The molecule has 1 atom stereocenters. The number of benzene rings is 3. The zero-order valence-electron chi connectivity index (χ0n) is 15.5. The number of nitriles is 1. The number of nitrogen functional groups attached to an aromatic ring is 1. The summed E-state index contributed by atoms with van der Waals surface area (Å²) in [5, 5.41) is 20.8. The molecule has 28 heavy (non-hydrogen) atoms. The molecule has 0 aliphatic carbocycles. The predicted octanol–water partition coefficient (Wildman–Crippen LogP) is 4.60. The molecule has 3 aromatic rings. The number of hydrogen-bond acceptors (Lipinski definition) is 5. The van der Waals surface area contributed by atoms with Gasteiger partial charge >= 0.3 is 0 Å². The van der Waals surface area contributed by atoms with Crippen LogP contribution < -0.4 is 11.5 Å². The van der Waals surface area contributed by atoms with Gasteiger partial charge in [0.2, 0.25) is 0 Å². The molecule has 4 nitrogen and oxygen atoms in total. The van der Waals surface area contributed by atoms with Crippen molar-refractivity contribution in [3.05, 3.63) is 100 Å². The maximum atomic E-state index is 10.7. The summed E-state index contributed by atoms with van der Waals surface area (Å²) < 4.78 is 0. The highest BCUT2D eigenvalue weighted by molar-refractivity contribution is 8.03. The number of nitrogens with two attached hydrogens (primary N) is 2. The molecule has 0 saturated carbocycles. The van der Waals surface area contributed by atoms with Crippen molar-refractivity contribution in [3.63, 3.8) is 0 Å². The van der Waals surface area contributed by atoms with Crippen LogP contribution in [-0.4, -0.2) is 5.11 Å². The molecule has 5 N–H and O–H groups in total. The van der Waals surface area contributed by atoms with E-state index in [-0.39, 0.29) is 0 Å². The van der Waals surface area contributed by atoms with Crippen LogP contribution in [0.4, 0.5) is 5.69 Å². The number of para-hydroxylation sites is 1. The molecule has 0 bridgehead atoms. The zero-order chi connectivity index (χ0) is 20.1. The topological polar surface area (TPSA) is 96.1 Å². The van der Waals surface area contributed by atoms with E-state index < -0.39 is 6.10 Å². The Labute approximate surface area is 169 Å². The van der Waals surface area contributed by atoms with Crippen LogP contribution in [0.2, 0.25) is 0 Å². The van der Waals surface area contributed by atoms with Gasteiger partial charge in [0.15, 0.2) is 0 Å². The minimum Gasteiger partial charge on any atom is -0.398 e. The van der Waals surface area contributed by atoms with Gasteiger partial charge in [0.05, 0.1) is 10.6 Å². The number of nitrogens with zero attached hydrogens (tertiary/aromatic N) is 1. The summed E-state index contributed by atoms with van der Waals surface area (Å²) in [6.07, 6.45) is -0.779. The molecule has 0 aliphatic rings. The lowest BCUT2D eigenvalue weighted by molar-refractivity contribution is 0.220. The fourth-order valence-electron chi connectivity index (χ4n) is 2.81. The number of anilines is 1. The highest BCUT2D eigenvalue weighted by Gasteiger charge is 2.14. The van der Waals surface area contributed by atoms with E-state index in [1.54, 1.807) is 12.1 Å². The number of allylic oxidation sites excluding steroid dienone is 1. The molecular formula is C23H21N3OS. The Bertz CT molecular complexity index is 1050. The van der Waals surface area contributed by atoms with Gasteiger partial charge in [-0.25, -0.2) is 0 Å². The SMILES string of the molecule is Cc1ccc(C(O)c2cccc(/C(C#N)=C(\N)Sc3ccccc3N)c2)cc1. The van der Waals surface area contributed by atoms with Gasteiger partial charge in [0, 0.05) is 10.6 Å². The van der Waals surface area contributed by atoms with Crippen molar-refractivity contribution < 1.29 is 5.11 Å². The Morgan fingerprint density at radius 2 is 1.71 bits per heavy atom. The van der Waals surface area contributed by atoms with Crippen LogP contribution in [0.5, 0.6) is 0 Å². The highest BCUT2D eigenvalue weighted by atomic mass is 32.2. The Hall–Kier alpha value is -3.20. The first kappa shape index (κ1) is 19.6. The lowest BCUT2D eigenvalue weighted by Crippen LogP contribution is -2.02. The third-order valence-corrected chi connectivity index (χ3v) is 5.40. The van der Waals surface area contributed by atoms with Gasteiger partial charge in [-0.15, -0.1) is 0 Å². The number of aliphatic hydroxyl groups is 1. The van der Waals surface area contributed by atoms with Crippen LogP contribution in [0.25, 0.3) is 5.57 Å². The lowest BCUT2D eigenvalue weighted by atomic mass is 9.97. The first-order valence-electron chi connectivity index (χ1n) is 8.76. The maximum Gasteiger partial charge on any atom is 0.104 e. The first-order valence-corrected chi connectivity index (χ1v) is 9.58. The standard InChI is InChI=1S/C23H21N3OS/c1-15-9-11-16(12-10-15)22(27)18-6-4-5-17(13-18)19(14-24)23(26)28-21-8-3-2-7-20(21)25/h2-13,22,27H,25-26H2,1H3/b23-19+. The van der Waals surface area contributed by atoms with Crippen molar-refractivity contribution in [2.75, 3.05) is 5.73 Å². The third kappa shape index (κ3) is 4.37. The van der Waals surface area contributed by atoms with Crippen molar-refractivity contribution in [2.24, 2.45) is 5.73 Å². The quantitative estimate of drug-likeness (QED) is 0.338. The molecule has 0 amide bonds. The van der Waals surface area contributed by atoms with Crippen LogP contribution in [0, 0.1) is 18.3 Å². The Morgan fingerprint density at radius 1 is 1.00 bits per heavy atom. The van der Waals surface area contributed by atoms with E-state index in [0.29, 0.717) is 27.4 Å². The van der Waals surface area contributed by atoms with Crippen LogP contribution in [0.3, 0.4) is 0 Å². The Balaban J connectivity index is 1.93. The van der Waals surface area contributed by atoms with E-state index in [1.165, 1.54) is 11.8 Å². The molecule has 0 heterocycles. The average Bonchev–Trinajstić information content (AvgIpc) is 2.70. The van der Waals surface area contributed by atoms with E-state index in [9.17, 15) is 10.4 Å². The molecule has 140 valence electrons. The van der Waals surface area contributed by atoms with Crippen LogP contribution >= 0.6 is 11.8 Å². The molecule has 1 unspecified atom stereocenters. The van der Waals surface area contributed by atoms with Gasteiger partial charge < -0.3 is 16.6 Å². The smallest absolute Gasteiger partial charge is 0.104 e. The number of thioether (sulfide) groups is 1. The van der Waals surface area contributed by atoms with Crippen LogP contribution in [0.1, 0.15) is 28.4 Å². The largest absolute Gasteiger partial charge is 0.398 e. The van der Waals surface area contributed by atoms with Gasteiger partial charge in [-0.1, -0.05) is 71.9 Å². The predicted molar refractivity (Wildman–Crippen MR) is 115 cm³/mol. The van der Waals surface area contributed by atoms with E-state index >= 15 is 0 Å². The second-order valence-corrected chi connectivity index (χ2v) is 7.51. The average molecular weight is 388 g/mol. The lowest BCUT2D eigenvalue weighted by Gasteiger charge is -2.14. The van der Waals surface area contributed by atoms with E-state index in [4.69, 9.17) is 11.5 Å². The van der Waals surface area contributed by atoms with E-state index in [2.05, 4.69) is 6.07 Å². The minimum atomic E-state index is -0.779. The molecule has 0 aliphatic heterocycles. The molecule has 3 rings (SSSR count). The summed E-state index contributed by atoms with van der Waals surface area (Å²) in [6, 6.07) is 24.5. The van der Waals surface area contributed by atoms with Crippen LogP contribution in [0.15, 0.2) is 82.7 Å². The van der Waals surface area contributed by atoms with Crippen molar-refractivity contribution in [3.8, 4) is 6.07 Å². The van der Waals surface area contributed by atoms with E-state index in [0.717, 1.165) is 16.0 Å². The number of aryl methyl sites for hydroxylation is 1. The molecule has 0 aromatic heterocycles. The van der Waals surface area contributed by atoms with Crippen molar-refractivity contribution in [1.82, 2.24) is 0 Å². The maximum absolute atomic E-state index is 10.7. The minimum absolute atomic E-state index is 0.353. The van der Waals surface area contributed by atoms with Gasteiger partial charge in [0.25, 0.3) is 0 Å². The summed E-state index contributed by atoms with van der Waals surface area (Å²) in [5.74, 6) is 0. The molecule has 5 heteroatoms. The Morgan fingerprint density at radius 3 is 2.39 bits per heavy atom. The molecule has 3 aromatic carbocycles. The molecule has 0 spiro atoms. The first-order chi connectivity index (χ1) is 13.5. The zero-order valence-corrected chi connectivity index (χ0v) is 16.3. The second-order valence-electron chi connectivity index (χ2n) is 6.43. The number of aliphatic hydroxyl groups excluding tert-OH is 1. The van der Waals surface area contributed by atoms with Crippen molar-refractivity contribution >= 4 is 23.0 Å². The van der Waals surface area contributed by atoms with Crippen molar-refractivity contribution in [2.45, 2.75) is 17.9 Å². The van der Waals surface area contributed by atoms with Gasteiger partial charge in [-0.3, -0.25) is 0 Å². The fourth-order valence-corrected chi connectivity index (χ4v) is 3.65. The highest BCUT2D eigenvalue weighted by Crippen LogP contribution is 2.33. The summed E-state index contributed by atoms with van der Waals surface area (Å²) >= 11 is 1.26. The van der Waals surface area contributed by atoms with Crippen molar-refractivity contribution in [1.29, 1.82) is 5.26 Å². The summed E-state index contributed by atoms with van der Waals surface area (Å²) in [7, 11) is 0. The monoisotopic (exact) mass is 387 g/mol. The second kappa shape index (κ2) is 8.66. The molecule has 0 fully saturated rings. The Kier molecular flexibility index (Phi) is 6.05. The normalized spacial score (nSPS) is 12.8. The molecule has 0 radical (unpaired) electrons. The van der Waals surface area contributed by atoms with Gasteiger partial charge in [-0.05, 0) is 41.8 Å².